The third-order valence-electron chi connectivity index (χ3n) is 1.96. The van der Waals surface area contributed by atoms with Gasteiger partial charge in [0.15, 0.2) is 0 Å². The lowest BCUT2D eigenvalue weighted by molar-refractivity contribution is -0.107. The minimum absolute atomic E-state index is 0.0521. The van der Waals surface area contributed by atoms with Gasteiger partial charge in [0.2, 0.25) is 5.12 Å². The third kappa shape index (κ3) is 3.80. The maximum Gasteiger partial charge on any atom is 0.217 e. The molecule has 0 aliphatic heterocycles. The SMILES string of the molecule is O=C(/C=C/c1ccco1)Sc1ccc(Cl)cc1. The lowest BCUT2D eigenvalue weighted by atomic mass is 10.4. The average Bonchev–Trinajstić information content (AvgIpc) is 2.83. The van der Waals surface area contributed by atoms with Gasteiger partial charge in [-0.1, -0.05) is 11.6 Å². The van der Waals surface area contributed by atoms with E-state index in [4.69, 9.17) is 16.0 Å². The second-order valence-corrected chi connectivity index (χ2v) is 4.74. The quantitative estimate of drug-likeness (QED) is 0.613. The first-order valence-electron chi connectivity index (χ1n) is 4.93. The Hall–Kier alpha value is -1.45. The minimum atomic E-state index is -0.0521. The van der Waals surface area contributed by atoms with Crippen molar-refractivity contribution in [1.29, 1.82) is 0 Å². The summed E-state index contributed by atoms with van der Waals surface area (Å²) in [5.41, 5.74) is 0. The van der Waals surface area contributed by atoms with Crippen LogP contribution in [0.25, 0.3) is 6.08 Å². The largest absolute Gasteiger partial charge is 0.465 e. The highest BCUT2D eigenvalue weighted by Gasteiger charge is 2.01. The Balaban J connectivity index is 1.95. The Labute approximate surface area is 108 Å². The molecule has 0 atom stereocenters. The summed E-state index contributed by atoms with van der Waals surface area (Å²) in [5.74, 6) is 0.662. The van der Waals surface area contributed by atoms with Crippen LogP contribution in [0.4, 0.5) is 0 Å². The van der Waals surface area contributed by atoms with Gasteiger partial charge in [0.25, 0.3) is 0 Å². The Morgan fingerprint density at radius 3 is 2.65 bits per heavy atom. The molecule has 2 aromatic rings. The molecule has 0 amide bonds. The molecule has 0 fully saturated rings. The van der Waals surface area contributed by atoms with Crippen LogP contribution >= 0.6 is 23.4 Å². The number of hydrogen-bond acceptors (Lipinski definition) is 3. The van der Waals surface area contributed by atoms with E-state index in [0.29, 0.717) is 10.8 Å². The molecule has 17 heavy (non-hydrogen) atoms. The molecule has 0 saturated carbocycles. The summed E-state index contributed by atoms with van der Waals surface area (Å²) in [4.78, 5) is 12.5. The average molecular weight is 265 g/mol. The van der Waals surface area contributed by atoms with E-state index < -0.39 is 0 Å². The summed E-state index contributed by atoms with van der Waals surface area (Å²) in [6.07, 6.45) is 4.69. The van der Waals surface area contributed by atoms with Crippen molar-refractivity contribution in [2.45, 2.75) is 4.90 Å². The van der Waals surface area contributed by atoms with Crippen LogP contribution in [-0.4, -0.2) is 5.12 Å². The van der Waals surface area contributed by atoms with E-state index in [2.05, 4.69) is 0 Å². The molecular weight excluding hydrogens is 256 g/mol. The monoisotopic (exact) mass is 264 g/mol. The Kier molecular flexibility index (Phi) is 4.07. The maximum atomic E-state index is 11.6. The van der Waals surface area contributed by atoms with Gasteiger partial charge in [-0.05, 0) is 60.3 Å². The number of carbonyl (C=O) groups excluding carboxylic acids is 1. The van der Waals surface area contributed by atoms with Crippen LogP contribution in [-0.2, 0) is 4.79 Å². The summed E-state index contributed by atoms with van der Waals surface area (Å²) in [6.45, 7) is 0. The van der Waals surface area contributed by atoms with E-state index in [-0.39, 0.29) is 5.12 Å². The molecule has 0 radical (unpaired) electrons. The highest BCUT2D eigenvalue weighted by Crippen LogP contribution is 2.21. The summed E-state index contributed by atoms with van der Waals surface area (Å²) in [7, 11) is 0. The fourth-order valence-electron chi connectivity index (χ4n) is 1.19. The number of thioether (sulfide) groups is 1. The number of hydrogen-bond donors (Lipinski definition) is 0. The van der Waals surface area contributed by atoms with Crippen LogP contribution in [0, 0.1) is 0 Å². The fraction of sp³-hybridized carbons (Fsp3) is 0. The van der Waals surface area contributed by atoms with Gasteiger partial charge >= 0.3 is 0 Å². The Bertz CT molecular complexity index is 515. The second kappa shape index (κ2) is 5.75. The van der Waals surface area contributed by atoms with Crippen LogP contribution in [0.15, 0.2) is 58.1 Å². The van der Waals surface area contributed by atoms with E-state index in [1.807, 2.05) is 12.1 Å². The van der Waals surface area contributed by atoms with Crippen molar-refractivity contribution in [2.75, 3.05) is 0 Å². The van der Waals surface area contributed by atoms with Crippen LogP contribution < -0.4 is 0 Å². The molecule has 0 spiro atoms. The maximum absolute atomic E-state index is 11.6. The summed E-state index contributed by atoms with van der Waals surface area (Å²) < 4.78 is 5.08. The molecule has 0 saturated heterocycles. The number of halogens is 1. The predicted molar refractivity (Wildman–Crippen MR) is 70.1 cm³/mol. The Morgan fingerprint density at radius 2 is 2.00 bits per heavy atom. The molecule has 0 bridgehead atoms. The summed E-state index contributed by atoms with van der Waals surface area (Å²) >= 11 is 6.90. The molecule has 0 N–H and O–H groups in total. The van der Waals surface area contributed by atoms with Crippen molar-refractivity contribution in [2.24, 2.45) is 0 Å². The molecule has 2 nitrogen and oxygen atoms in total. The van der Waals surface area contributed by atoms with Gasteiger partial charge in [0.05, 0.1) is 6.26 Å². The molecule has 4 heteroatoms. The lowest BCUT2D eigenvalue weighted by Crippen LogP contribution is -1.83. The highest BCUT2D eigenvalue weighted by molar-refractivity contribution is 8.14. The molecule has 0 unspecified atom stereocenters. The zero-order chi connectivity index (χ0) is 12.1. The zero-order valence-electron chi connectivity index (χ0n) is 8.80. The molecule has 1 aromatic heterocycles. The highest BCUT2D eigenvalue weighted by atomic mass is 35.5. The molecule has 0 aliphatic carbocycles. The number of carbonyl (C=O) groups is 1. The smallest absolute Gasteiger partial charge is 0.217 e. The van der Waals surface area contributed by atoms with Gasteiger partial charge < -0.3 is 4.42 Å². The van der Waals surface area contributed by atoms with Crippen LogP contribution in [0.2, 0.25) is 5.02 Å². The van der Waals surface area contributed by atoms with Crippen molar-refractivity contribution in [3.8, 4) is 0 Å². The molecule has 1 heterocycles. The first kappa shape index (κ1) is 12.0. The van der Waals surface area contributed by atoms with Crippen LogP contribution in [0.5, 0.6) is 0 Å². The molecular formula is C13H9ClO2S. The standard InChI is InChI=1S/C13H9ClO2S/c14-10-3-6-12(7-4-10)17-13(15)8-5-11-2-1-9-16-11/h1-9H/b8-5+. The molecule has 0 aliphatic rings. The fourth-order valence-corrected chi connectivity index (χ4v) is 1.96. The van der Waals surface area contributed by atoms with E-state index in [9.17, 15) is 4.79 Å². The van der Waals surface area contributed by atoms with Crippen molar-refractivity contribution in [1.82, 2.24) is 0 Å². The van der Waals surface area contributed by atoms with Gasteiger partial charge in [-0.2, -0.15) is 0 Å². The van der Waals surface area contributed by atoms with Crippen molar-refractivity contribution in [3.05, 3.63) is 59.5 Å². The zero-order valence-corrected chi connectivity index (χ0v) is 10.4. The third-order valence-corrected chi connectivity index (χ3v) is 3.06. The van der Waals surface area contributed by atoms with E-state index in [0.717, 1.165) is 16.7 Å². The van der Waals surface area contributed by atoms with Crippen LogP contribution in [0.1, 0.15) is 5.76 Å². The number of furan rings is 1. The lowest BCUT2D eigenvalue weighted by Gasteiger charge is -1.96. The van der Waals surface area contributed by atoms with Crippen molar-refractivity contribution < 1.29 is 9.21 Å². The predicted octanol–water partition coefficient (Wildman–Crippen LogP) is 4.27. The molecule has 1 aromatic carbocycles. The molecule has 2 rings (SSSR count). The van der Waals surface area contributed by atoms with Gasteiger partial charge in [-0.25, -0.2) is 0 Å². The van der Waals surface area contributed by atoms with Gasteiger partial charge in [-0.3, -0.25) is 4.79 Å². The van der Waals surface area contributed by atoms with Gasteiger partial charge in [0.1, 0.15) is 5.76 Å². The minimum Gasteiger partial charge on any atom is -0.465 e. The van der Waals surface area contributed by atoms with E-state index in [1.54, 1.807) is 36.6 Å². The summed E-state index contributed by atoms with van der Waals surface area (Å²) in [5, 5.41) is 0.608. The van der Waals surface area contributed by atoms with Crippen molar-refractivity contribution >= 4 is 34.6 Å². The summed E-state index contributed by atoms with van der Waals surface area (Å²) in [6, 6.07) is 10.7. The van der Waals surface area contributed by atoms with E-state index >= 15 is 0 Å². The number of rotatable bonds is 3. The normalized spacial score (nSPS) is 10.9. The molecule has 86 valence electrons. The van der Waals surface area contributed by atoms with Crippen LogP contribution in [0.3, 0.4) is 0 Å². The van der Waals surface area contributed by atoms with Gasteiger partial charge in [0, 0.05) is 9.92 Å². The second-order valence-electron chi connectivity index (χ2n) is 3.22. The van der Waals surface area contributed by atoms with E-state index in [1.165, 1.54) is 6.08 Å². The topological polar surface area (TPSA) is 30.2 Å². The van der Waals surface area contributed by atoms with Crippen molar-refractivity contribution in [3.63, 3.8) is 0 Å². The number of benzene rings is 1. The Morgan fingerprint density at radius 1 is 1.24 bits per heavy atom. The first-order valence-corrected chi connectivity index (χ1v) is 6.12. The van der Waals surface area contributed by atoms with Gasteiger partial charge in [-0.15, -0.1) is 0 Å². The first-order chi connectivity index (χ1) is 8.24.